The number of thioether (sulfide) groups is 1. The Morgan fingerprint density at radius 3 is 1.96 bits per heavy atom. The fourth-order valence-corrected chi connectivity index (χ4v) is 13.4. The molecule has 0 aromatic heterocycles. The van der Waals surface area contributed by atoms with Crippen molar-refractivity contribution in [2.24, 2.45) is 17.8 Å². The van der Waals surface area contributed by atoms with Crippen molar-refractivity contribution in [2.75, 3.05) is 0 Å². The van der Waals surface area contributed by atoms with Crippen molar-refractivity contribution in [3.63, 3.8) is 0 Å². The van der Waals surface area contributed by atoms with Gasteiger partial charge in [-0.2, -0.15) is 11.8 Å². The van der Waals surface area contributed by atoms with Gasteiger partial charge in [0.05, 0.1) is 0 Å². The van der Waals surface area contributed by atoms with Gasteiger partial charge in [0, 0.05) is 10.5 Å². The molecule has 1 aliphatic heterocycles. The first-order chi connectivity index (χ1) is 9.69. The summed E-state index contributed by atoms with van der Waals surface area (Å²) in [7, 11) is -1.53. The molecule has 0 bridgehead atoms. The Morgan fingerprint density at radius 1 is 0.920 bits per heavy atom. The number of hydrogen-bond donors (Lipinski definition) is 0. The zero-order chi connectivity index (χ0) is 15.4. The second-order valence-electron chi connectivity index (χ2n) is 9.39. The molecule has 0 radical (unpaired) electrons. The third kappa shape index (κ3) is 5.86. The number of nitrogens with zero attached hydrogens (tertiary/aromatic N) is 1. The Balaban J connectivity index is 0. The average molecular weight is 418 g/mol. The normalized spacial score (nSPS) is 36.7. The summed E-state index contributed by atoms with van der Waals surface area (Å²) in [5, 5.41) is 1.84. The monoisotopic (exact) mass is 417 g/mol. The molecule has 1 nitrogen and oxygen atoms in total. The van der Waals surface area contributed by atoms with E-state index in [-0.39, 0.29) is 49.5 Å². The summed E-state index contributed by atoms with van der Waals surface area (Å²) in [5.74, 6) is 3.09. The molecule has 146 valence electrons. The zero-order valence-electron chi connectivity index (χ0n) is 18.4. The molecule has 6 unspecified atom stereocenters. The molecule has 2 aliphatic carbocycles. The molecule has 2 saturated carbocycles. The number of fused-ring (bicyclic) bond motifs is 3. The summed E-state index contributed by atoms with van der Waals surface area (Å²) in [6.45, 7) is 14.5. The third-order valence-electron chi connectivity index (χ3n) is 6.09. The van der Waals surface area contributed by atoms with Crippen LogP contribution in [0.3, 0.4) is 0 Å². The van der Waals surface area contributed by atoms with Crippen LogP contribution < -0.4 is 0 Å². The minimum absolute atomic E-state index is 0. The van der Waals surface area contributed by atoms with Crippen molar-refractivity contribution in [1.82, 2.24) is 0 Å². The van der Waals surface area contributed by atoms with Crippen molar-refractivity contribution in [3.8, 4) is 0 Å². The van der Waals surface area contributed by atoms with E-state index in [9.17, 15) is 0 Å². The van der Waals surface area contributed by atoms with E-state index in [1.165, 1.54) is 32.1 Å². The van der Waals surface area contributed by atoms with Crippen molar-refractivity contribution in [2.45, 2.75) is 94.5 Å². The van der Waals surface area contributed by atoms with Gasteiger partial charge in [0.1, 0.15) is 0 Å². The van der Waals surface area contributed by atoms with Crippen molar-refractivity contribution in [3.05, 3.63) is 27.3 Å². The van der Waals surface area contributed by atoms with Gasteiger partial charge in [0.2, 0.25) is 0 Å². The first kappa shape index (κ1) is 28.5. The molecule has 0 aromatic carbocycles. The Kier molecular flexibility index (Phi) is 11.5. The molecule has 1 saturated heterocycles. The maximum Gasteiger partial charge on any atom is 4.00 e. The van der Waals surface area contributed by atoms with Gasteiger partial charge < -0.3 is 27.3 Å². The fraction of sp³-hybridized carbons (Fsp3) is 0.857. The Hall–Kier alpha value is 1.24. The summed E-state index contributed by atoms with van der Waals surface area (Å²) < 4.78 is 0. The van der Waals surface area contributed by atoms with Crippen LogP contribution in [0.5, 0.6) is 0 Å². The first-order valence-corrected chi connectivity index (χ1v) is 13.1. The smallest absolute Gasteiger partial charge is 0.660 e. The largest absolute Gasteiger partial charge is 4.00 e. The van der Waals surface area contributed by atoms with Gasteiger partial charge in [0.15, 0.2) is 0 Å². The third-order valence-corrected chi connectivity index (χ3v) is 11.6. The molecular formula is C21H43NSSiTi. The summed E-state index contributed by atoms with van der Waals surface area (Å²) >= 11 is 2.34. The average Bonchev–Trinajstić information content (AvgIpc) is 2.80. The molecule has 25 heavy (non-hydrogen) atoms. The van der Waals surface area contributed by atoms with Gasteiger partial charge in [-0.1, -0.05) is 68.3 Å². The van der Waals surface area contributed by atoms with E-state index in [2.05, 4.69) is 52.6 Å². The van der Waals surface area contributed by atoms with Crippen LogP contribution in [0.15, 0.2) is 0 Å². The zero-order valence-corrected chi connectivity index (χ0v) is 21.7. The van der Waals surface area contributed by atoms with E-state index < -0.39 is 8.24 Å². The molecular weight excluding hydrogens is 374 g/mol. The van der Waals surface area contributed by atoms with E-state index in [1.807, 2.05) is 0 Å². The number of rotatable bonds is 2. The van der Waals surface area contributed by atoms with Gasteiger partial charge in [-0.25, -0.2) is 0 Å². The predicted molar refractivity (Wildman–Crippen MR) is 118 cm³/mol. The molecule has 3 fully saturated rings. The Morgan fingerprint density at radius 2 is 1.44 bits per heavy atom. The minimum atomic E-state index is -1.53. The molecule has 0 amide bonds. The van der Waals surface area contributed by atoms with E-state index in [4.69, 9.17) is 4.98 Å². The SMILES string of the molecule is CC1CC2C3CCCCC3C([Si](C)(C)[N-]C(C)(C)C)C2S1.[CH3-].[CH3-].[CH3-].[Ti+4]. The molecule has 1 heterocycles. The standard InChI is InChI=1S/C18H34NSSi.3CH3.Ti/c1-12-11-15-13-9-7-8-10-14(13)17(16(15)20-12)21(5,6)19-18(2,3)4;;;;/h12-17H,7-11H2,1-6H3;3*1H3;/q4*-1;+4. The molecule has 0 aromatic rings. The van der Waals surface area contributed by atoms with Crippen LogP contribution in [0.2, 0.25) is 18.6 Å². The molecule has 4 heteroatoms. The summed E-state index contributed by atoms with van der Waals surface area (Å²) in [6, 6.07) is 0. The molecule has 0 N–H and O–H groups in total. The van der Waals surface area contributed by atoms with Gasteiger partial charge >= 0.3 is 21.7 Å². The fourth-order valence-electron chi connectivity index (χ4n) is 5.99. The van der Waals surface area contributed by atoms with E-state index in [0.29, 0.717) is 0 Å². The summed E-state index contributed by atoms with van der Waals surface area (Å²) in [4.78, 5) is 5.43. The molecule has 0 spiro atoms. The molecule has 3 aliphatic rings. The first-order valence-electron chi connectivity index (χ1n) is 9.08. The van der Waals surface area contributed by atoms with Crippen LogP contribution in [-0.4, -0.2) is 24.3 Å². The number of hydrogen-bond acceptors (Lipinski definition) is 1. The predicted octanol–water partition coefficient (Wildman–Crippen LogP) is 7.41. The van der Waals surface area contributed by atoms with Crippen molar-refractivity contribution in [1.29, 1.82) is 0 Å². The van der Waals surface area contributed by atoms with Crippen LogP contribution in [0, 0.1) is 40.0 Å². The van der Waals surface area contributed by atoms with Crippen LogP contribution in [0.4, 0.5) is 0 Å². The Labute approximate surface area is 180 Å². The van der Waals surface area contributed by atoms with Gasteiger partial charge in [0.25, 0.3) is 0 Å². The van der Waals surface area contributed by atoms with Crippen LogP contribution in [-0.2, 0) is 21.7 Å². The quantitative estimate of drug-likeness (QED) is 0.337. The Bertz CT molecular complexity index is 396. The maximum atomic E-state index is 5.43. The molecule has 3 rings (SSSR count). The summed E-state index contributed by atoms with van der Waals surface area (Å²) in [5.41, 5.74) is 1.09. The van der Waals surface area contributed by atoms with Gasteiger partial charge in [-0.15, -0.1) is 5.54 Å². The van der Waals surface area contributed by atoms with Gasteiger partial charge in [-0.3, -0.25) is 0 Å². The van der Waals surface area contributed by atoms with E-state index in [1.54, 1.807) is 0 Å². The summed E-state index contributed by atoms with van der Waals surface area (Å²) in [6.07, 6.45) is 7.50. The van der Waals surface area contributed by atoms with Gasteiger partial charge in [-0.05, 0) is 36.1 Å². The maximum absolute atomic E-state index is 5.43. The topological polar surface area (TPSA) is 14.1 Å². The van der Waals surface area contributed by atoms with E-state index in [0.717, 1.165) is 33.8 Å². The van der Waals surface area contributed by atoms with Crippen molar-refractivity contribution < 1.29 is 21.7 Å². The second kappa shape index (κ2) is 10.1. The minimum Gasteiger partial charge on any atom is -0.660 e. The van der Waals surface area contributed by atoms with Crippen LogP contribution in [0.25, 0.3) is 4.98 Å². The van der Waals surface area contributed by atoms with Crippen molar-refractivity contribution >= 4 is 20.0 Å². The van der Waals surface area contributed by atoms with Crippen LogP contribution >= 0.6 is 11.8 Å². The molecule has 6 atom stereocenters. The van der Waals surface area contributed by atoms with E-state index >= 15 is 0 Å². The second-order valence-corrected chi connectivity index (χ2v) is 15.2. The van der Waals surface area contributed by atoms with Crippen LogP contribution in [0.1, 0.15) is 59.8 Å².